The molecule has 0 radical (unpaired) electrons. The summed E-state index contributed by atoms with van der Waals surface area (Å²) >= 11 is 1.69. The Hall–Kier alpha value is -1.88. The van der Waals surface area contributed by atoms with Crippen molar-refractivity contribution < 1.29 is 4.79 Å². The van der Waals surface area contributed by atoms with Crippen LogP contribution in [0.4, 0.5) is 4.79 Å². The zero-order valence-corrected chi connectivity index (χ0v) is 15.7. The Bertz CT molecular complexity index is 665. The molecule has 2 aromatic heterocycles. The fraction of sp³-hybridized carbons (Fsp3) is 0.500. The molecule has 0 spiro atoms. The standard InChI is InChI=1S/C20H27N3OS/c1-16-6-5-7-18(22-16)10-12-21-20(24)23(14-17-11-13-25-15-17)19-8-3-2-4-9-19/h5-7,11,13,15,19H,2-4,8-10,12,14H2,1H3,(H,21,24). The van der Waals surface area contributed by atoms with Crippen LogP contribution in [0, 0.1) is 6.92 Å². The van der Waals surface area contributed by atoms with Gasteiger partial charge in [0.25, 0.3) is 0 Å². The van der Waals surface area contributed by atoms with E-state index in [4.69, 9.17) is 0 Å². The number of aryl methyl sites for hydroxylation is 1. The van der Waals surface area contributed by atoms with Crippen LogP contribution in [0.1, 0.15) is 49.1 Å². The lowest BCUT2D eigenvalue weighted by Gasteiger charge is -2.34. The van der Waals surface area contributed by atoms with Crippen LogP contribution in [0.15, 0.2) is 35.0 Å². The van der Waals surface area contributed by atoms with E-state index in [0.717, 1.165) is 30.7 Å². The van der Waals surface area contributed by atoms with E-state index in [1.807, 2.05) is 30.0 Å². The maximum Gasteiger partial charge on any atom is 0.317 e. The highest BCUT2D eigenvalue weighted by molar-refractivity contribution is 7.07. The Morgan fingerprint density at radius 3 is 2.84 bits per heavy atom. The lowest BCUT2D eigenvalue weighted by Crippen LogP contribution is -2.46. The topological polar surface area (TPSA) is 45.2 Å². The summed E-state index contributed by atoms with van der Waals surface area (Å²) in [6.07, 6.45) is 6.76. The maximum atomic E-state index is 12.8. The zero-order chi connectivity index (χ0) is 17.5. The van der Waals surface area contributed by atoms with Crippen molar-refractivity contribution in [1.82, 2.24) is 15.2 Å². The molecular weight excluding hydrogens is 330 g/mol. The molecule has 2 heterocycles. The van der Waals surface area contributed by atoms with Crippen molar-refractivity contribution in [3.8, 4) is 0 Å². The van der Waals surface area contributed by atoms with Crippen molar-refractivity contribution in [3.05, 3.63) is 52.0 Å². The monoisotopic (exact) mass is 357 g/mol. The summed E-state index contributed by atoms with van der Waals surface area (Å²) in [5.74, 6) is 0. The fourth-order valence-corrected chi connectivity index (χ4v) is 4.14. The lowest BCUT2D eigenvalue weighted by molar-refractivity contribution is 0.151. The van der Waals surface area contributed by atoms with Gasteiger partial charge in [-0.15, -0.1) is 0 Å². The van der Waals surface area contributed by atoms with E-state index in [1.54, 1.807) is 11.3 Å². The number of hydrogen-bond acceptors (Lipinski definition) is 3. The van der Waals surface area contributed by atoms with Gasteiger partial charge >= 0.3 is 6.03 Å². The van der Waals surface area contributed by atoms with Gasteiger partial charge in [-0.2, -0.15) is 11.3 Å². The van der Waals surface area contributed by atoms with E-state index in [-0.39, 0.29) is 6.03 Å². The summed E-state index contributed by atoms with van der Waals surface area (Å²) in [6, 6.07) is 8.57. The second-order valence-corrected chi connectivity index (χ2v) is 7.58. The molecule has 1 saturated carbocycles. The van der Waals surface area contributed by atoms with Crippen molar-refractivity contribution in [1.29, 1.82) is 0 Å². The van der Waals surface area contributed by atoms with E-state index in [0.29, 0.717) is 19.1 Å². The number of nitrogens with one attached hydrogen (secondary N) is 1. The average molecular weight is 358 g/mol. The molecule has 2 amide bonds. The summed E-state index contributed by atoms with van der Waals surface area (Å²) < 4.78 is 0. The van der Waals surface area contributed by atoms with Gasteiger partial charge in [0.15, 0.2) is 0 Å². The van der Waals surface area contributed by atoms with Gasteiger partial charge in [0.1, 0.15) is 0 Å². The van der Waals surface area contributed by atoms with E-state index in [2.05, 4.69) is 27.1 Å². The number of rotatable bonds is 6. The number of carbonyl (C=O) groups is 1. The molecule has 1 aliphatic rings. The Kier molecular flexibility index (Phi) is 6.45. The number of pyridine rings is 1. The minimum absolute atomic E-state index is 0.0609. The van der Waals surface area contributed by atoms with Gasteiger partial charge in [-0.25, -0.2) is 4.79 Å². The van der Waals surface area contributed by atoms with Gasteiger partial charge in [0.2, 0.25) is 0 Å². The quantitative estimate of drug-likeness (QED) is 0.825. The Morgan fingerprint density at radius 1 is 1.28 bits per heavy atom. The highest BCUT2D eigenvalue weighted by Crippen LogP contribution is 2.24. The molecule has 0 saturated heterocycles. The van der Waals surface area contributed by atoms with Crippen LogP contribution in [0.25, 0.3) is 0 Å². The SMILES string of the molecule is Cc1cccc(CCNC(=O)N(Cc2ccsc2)C2CCCCC2)n1. The molecule has 2 aromatic rings. The summed E-state index contributed by atoms with van der Waals surface area (Å²) in [4.78, 5) is 19.4. The van der Waals surface area contributed by atoms with Crippen LogP contribution >= 0.6 is 11.3 Å². The van der Waals surface area contributed by atoms with Gasteiger partial charge in [-0.05, 0) is 54.3 Å². The highest BCUT2D eigenvalue weighted by Gasteiger charge is 2.25. The van der Waals surface area contributed by atoms with Crippen LogP contribution in [0.3, 0.4) is 0 Å². The van der Waals surface area contributed by atoms with Crippen molar-refractivity contribution in [2.45, 2.75) is 58.0 Å². The van der Waals surface area contributed by atoms with Gasteiger partial charge in [-0.1, -0.05) is 25.3 Å². The second kappa shape index (κ2) is 8.99. The molecule has 3 rings (SSSR count). The lowest BCUT2D eigenvalue weighted by atomic mass is 9.94. The molecule has 0 atom stereocenters. The van der Waals surface area contributed by atoms with Crippen LogP contribution in [0.2, 0.25) is 0 Å². The van der Waals surface area contributed by atoms with Gasteiger partial charge in [0, 0.05) is 36.9 Å². The highest BCUT2D eigenvalue weighted by atomic mass is 32.1. The zero-order valence-electron chi connectivity index (χ0n) is 14.9. The molecule has 0 unspecified atom stereocenters. The number of aromatic nitrogens is 1. The molecule has 5 heteroatoms. The number of hydrogen-bond donors (Lipinski definition) is 1. The van der Waals surface area contributed by atoms with Crippen LogP contribution in [-0.4, -0.2) is 28.5 Å². The van der Waals surface area contributed by atoms with Crippen LogP contribution in [0.5, 0.6) is 0 Å². The molecule has 0 aliphatic heterocycles. The molecule has 134 valence electrons. The fourth-order valence-electron chi connectivity index (χ4n) is 3.48. The van der Waals surface area contributed by atoms with E-state index < -0.39 is 0 Å². The first-order valence-electron chi connectivity index (χ1n) is 9.20. The molecular formula is C20H27N3OS. The second-order valence-electron chi connectivity index (χ2n) is 6.80. The molecule has 1 N–H and O–H groups in total. The first-order chi connectivity index (χ1) is 12.2. The van der Waals surface area contributed by atoms with Crippen molar-refractivity contribution >= 4 is 17.4 Å². The predicted octanol–water partition coefficient (Wildman–Crippen LogP) is 4.54. The van der Waals surface area contributed by atoms with E-state index in [9.17, 15) is 4.79 Å². The molecule has 1 fully saturated rings. The summed E-state index contributed by atoms with van der Waals surface area (Å²) in [7, 11) is 0. The molecule has 1 aliphatic carbocycles. The molecule has 4 nitrogen and oxygen atoms in total. The Morgan fingerprint density at radius 2 is 2.12 bits per heavy atom. The van der Waals surface area contributed by atoms with E-state index >= 15 is 0 Å². The van der Waals surface area contributed by atoms with Crippen LogP contribution < -0.4 is 5.32 Å². The first kappa shape index (κ1) is 17.9. The molecule has 25 heavy (non-hydrogen) atoms. The normalized spacial score (nSPS) is 15.1. The Labute approximate surface area is 154 Å². The van der Waals surface area contributed by atoms with Gasteiger partial charge in [0.05, 0.1) is 0 Å². The minimum atomic E-state index is 0.0609. The summed E-state index contributed by atoms with van der Waals surface area (Å²) in [6.45, 7) is 3.33. The third-order valence-electron chi connectivity index (χ3n) is 4.81. The molecule has 0 aromatic carbocycles. The number of amides is 2. The number of nitrogens with zero attached hydrogens (tertiary/aromatic N) is 2. The average Bonchev–Trinajstić information content (AvgIpc) is 3.14. The van der Waals surface area contributed by atoms with E-state index in [1.165, 1.54) is 24.8 Å². The largest absolute Gasteiger partial charge is 0.338 e. The third kappa shape index (κ3) is 5.30. The summed E-state index contributed by atoms with van der Waals surface area (Å²) in [5, 5.41) is 7.33. The van der Waals surface area contributed by atoms with Crippen molar-refractivity contribution in [2.24, 2.45) is 0 Å². The predicted molar refractivity (Wildman–Crippen MR) is 103 cm³/mol. The van der Waals surface area contributed by atoms with Gasteiger partial charge < -0.3 is 10.2 Å². The minimum Gasteiger partial charge on any atom is -0.338 e. The maximum absolute atomic E-state index is 12.8. The Balaban J connectivity index is 1.57. The number of urea groups is 1. The summed E-state index contributed by atoms with van der Waals surface area (Å²) in [5.41, 5.74) is 3.28. The van der Waals surface area contributed by atoms with Crippen molar-refractivity contribution in [3.63, 3.8) is 0 Å². The van der Waals surface area contributed by atoms with Crippen molar-refractivity contribution in [2.75, 3.05) is 6.54 Å². The first-order valence-corrected chi connectivity index (χ1v) is 10.1. The van der Waals surface area contributed by atoms with Gasteiger partial charge in [-0.3, -0.25) is 4.98 Å². The number of carbonyl (C=O) groups excluding carboxylic acids is 1. The third-order valence-corrected chi connectivity index (χ3v) is 5.54. The molecule has 0 bridgehead atoms. The smallest absolute Gasteiger partial charge is 0.317 e. The number of thiophene rings is 1. The van der Waals surface area contributed by atoms with Crippen LogP contribution in [-0.2, 0) is 13.0 Å².